The number of halogens is 3. The number of likely N-dealkylation sites (N-methyl/N-ethyl adjacent to an activating group) is 1. The number of nitrogens with one attached hydrogen (secondary N) is 2. The first kappa shape index (κ1) is 26.2. The van der Waals surface area contributed by atoms with Crippen LogP contribution < -0.4 is 10.6 Å². The molecule has 1 amide bonds. The molecule has 0 unspecified atom stereocenters. The molecular weight excluding hydrogens is 528 g/mol. The lowest BCUT2D eigenvalue weighted by Crippen LogP contribution is -2.44. The lowest BCUT2D eigenvalue weighted by atomic mass is 10.2. The molecule has 1 aliphatic rings. The van der Waals surface area contributed by atoms with Gasteiger partial charge in [0.2, 0.25) is 5.91 Å². The summed E-state index contributed by atoms with van der Waals surface area (Å²) in [4.78, 5) is 20.4. The van der Waals surface area contributed by atoms with Crippen molar-refractivity contribution < 1.29 is 9.53 Å². The number of benzene rings is 1. The average Bonchev–Trinajstić information content (AvgIpc) is 2.68. The number of hydrogen-bond acceptors (Lipinski definition) is 4. The molecule has 0 radical (unpaired) electrons. The number of rotatable bonds is 8. The Kier molecular flexibility index (Phi) is 12.9. The lowest BCUT2D eigenvalue weighted by Gasteiger charge is -2.26. The Labute approximate surface area is 200 Å². The molecule has 0 saturated carbocycles. The van der Waals surface area contributed by atoms with Crippen molar-refractivity contribution in [1.82, 2.24) is 20.4 Å². The number of guanidine groups is 1. The van der Waals surface area contributed by atoms with Crippen molar-refractivity contribution in [1.29, 1.82) is 0 Å². The molecule has 1 aliphatic heterocycles. The highest BCUT2D eigenvalue weighted by Crippen LogP contribution is 2.21. The number of aliphatic imine (C=N–C) groups is 1. The third-order valence-corrected chi connectivity index (χ3v) is 4.96. The lowest BCUT2D eigenvalue weighted by molar-refractivity contribution is -0.127. The normalized spacial score (nSPS) is 14.8. The van der Waals surface area contributed by atoms with Crippen LogP contribution in [0.25, 0.3) is 0 Å². The first-order valence-electron chi connectivity index (χ1n) is 9.42. The van der Waals surface area contributed by atoms with Gasteiger partial charge >= 0.3 is 0 Å². The van der Waals surface area contributed by atoms with Gasteiger partial charge in [0.1, 0.15) is 0 Å². The molecule has 0 aromatic heterocycles. The summed E-state index contributed by atoms with van der Waals surface area (Å²) in [5.74, 6) is 0.565. The summed E-state index contributed by atoms with van der Waals surface area (Å²) in [5, 5.41) is 7.55. The number of carbonyl (C=O) groups excluding carboxylic acids is 1. The van der Waals surface area contributed by atoms with E-state index in [-0.39, 0.29) is 36.4 Å². The minimum atomic E-state index is -0.0210. The summed E-state index contributed by atoms with van der Waals surface area (Å²) in [5.41, 5.74) is 0.874. The second kappa shape index (κ2) is 14.2. The molecule has 0 atom stereocenters. The third kappa shape index (κ3) is 10.2. The maximum atomic E-state index is 11.9. The maximum absolute atomic E-state index is 11.9. The minimum Gasteiger partial charge on any atom is -0.379 e. The number of amides is 1. The summed E-state index contributed by atoms with van der Waals surface area (Å²) in [6.45, 7) is 5.89. The van der Waals surface area contributed by atoms with Crippen LogP contribution in [0.4, 0.5) is 0 Å². The van der Waals surface area contributed by atoms with E-state index in [2.05, 4.69) is 20.5 Å². The van der Waals surface area contributed by atoms with Gasteiger partial charge in [-0.15, -0.1) is 24.0 Å². The SMILES string of the molecule is CN(C)C(=O)CNC(=NCc1ccc(Cl)cc1Cl)NCCCN1CCOCC1.I. The van der Waals surface area contributed by atoms with Crippen molar-refractivity contribution in [2.75, 3.05) is 60.0 Å². The Bertz CT molecular complexity index is 670. The molecule has 1 fully saturated rings. The molecule has 1 heterocycles. The molecule has 0 aliphatic carbocycles. The van der Waals surface area contributed by atoms with Crippen LogP contribution >= 0.6 is 47.2 Å². The molecule has 29 heavy (non-hydrogen) atoms. The van der Waals surface area contributed by atoms with Gasteiger partial charge in [-0.25, -0.2) is 4.99 Å². The molecule has 10 heteroatoms. The second-order valence-corrected chi connectivity index (χ2v) is 7.62. The fourth-order valence-electron chi connectivity index (χ4n) is 2.64. The summed E-state index contributed by atoms with van der Waals surface area (Å²) in [6.07, 6.45) is 0.976. The number of morpholine rings is 1. The van der Waals surface area contributed by atoms with Gasteiger partial charge in [0.25, 0.3) is 0 Å². The van der Waals surface area contributed by atoms with Crippen molar-refractivity contribution in [3.8, 4) is 0 Å². The highest BCUT2D eigenvalue weighted by Gasteiger charge is 2.10. The predicted molar refractivity (Wildman–Crippen MR) is 130 cm³/mol. The molecule has 1 aromatic rings. The van der Waals surface area contributed by atoms with Crippen LogP contribution in [0.15, 0.2) is 23.2 Å². The summed E-state index contributed by atoms with van der Waals surface area (Å²) in [6, 6.07) is 5.35. The topological polar surface area (TPSA) is 69.2 Å². The quantitative estimate of drug-likeness (QED) is 0.222. The average molecular weight is 558 g/mol. The minimum absolute atomic E-state index is 0. The van der Waals surface area contributed by atoms with E-state index in [1.807, 2.05) is 6.07 Å². The number of nitrogens with zero attached hydrogens (tertiary/aromatic N) is 3. The zero-order valence-corrected chi connectivity index (χ0v) is 20.8. The van der Waals surface area contributed by atoms with Gasteiger partial charge < -0.3 is 20.3 Å². The van der Waals surface area contributed by atoms with Gasteiger partial charge in [0, 0.05) is 43.8 Å². The van der Waals surface area contributed by atoms with Crippen molar-refractivity contribution >= 4 is 59.0 Å². The Morgan fingerprint density at radius 1 is 1.24 bits per heavy atom. The molecule has 0 spiro atoms. The first-order chi connectivity index (χ1) is 13.5. The fraction of sp³-hybridized carbons (Fsp3) is 0.579. The van der Waals surface area contributed by atoms with Gasteiger partial charge in [-0.05, 0) is 30.7 Å². The molecule has 7 nitrogen and oxygen atoms in total. The van der Waals surface area contributed by atoms with E-state index in [0.29, 0.717) is 22.5 Å². The van der Waals surface area contributed by atoms with Crippen LogP contribution in [0, 0.1) is 0 Å². The van der Waals surface area contributed by atoms with E-state index in [1.165, 1.54) is 0 Å². The highest BCUT2D eigenvalue weighted by molar-refractivity contribution is 14.0. The summed E-state index contributed by atoms with van der Waals surface area (Å²) < 4.78 is 5.37. The molecule has 0 bridgehead atoms. The van der Waals surface area contributed by atoms with Crippen LogP contribution in [0.5, 0.6) is 0 Å². The molecule has 164 valence electrons. The van der Waals surface area contributed by atoms with Gasteiger partial charge in [-0.1, -0.05) is 29.3 Å². The van der Waals surface area contributed by atoms with Crippen LogP contribution in [-0.4, -0.2) is 81.7 Å². The smallest absolute Gasteiger partial charge is 0.241 e. The van der Waals surface area contributed by atoms with Gasteiger partial charge in [0.05, 0.1) is 26.3 Å². The van der Waals surface area contributed by atoms with Crippen molar-refractivity contribution in [3.63, 3.8) is 0 Å². The Balaban J connectivity index is 0.00000420. The van der Waals surface area contributed by atoms with E-state index < -0.39 is 0 Å². The molecular formula is C19H30Cl2IN5O2. The summed E-state index contributed by atoms with van der Waals surface area (Å²) >= 11 is 12.2. The molecule has 1 saturated heterocycles. The van der Waals surface area contributed by atoms with Crippen molar-refractivity contribution in [2.24, 2.45) is 4.99 Å². The van der Waals surface area contributed by atoms with E-state index in [9.17, 15) is 4.79 Å². The van der Waals surface area contributed by atoms with Crippen LogP contribution in [0.3, 0.4) is 0 Å². The zero-order chi connectivity index (χ0) is 20.4. The standard InChI is InChI=1S/C19H29Cl2N5O2.HI/c1-25(2)18(27)14-24-19(22-6-3-7-26-8-10-28-11-9-26)23-13-15-4-5-16(20)12-17(15)21;/h4-5,12H,3,6-11,13-14H2,1-2H3,(H2,22,23,24);1H. The Morgan fingerprint density at radius 2 is 1.97 bits per heavy atom. The Morgan fingerprint density at radius 3 is 2.62 bits per heavy atom. The van der Waals surface area contributed by atoms with E-state index in [0.717, 1.165) is 51.4 Å². The third-order valence-electron chi connectivity index (χ3n) is 4.38. The van der Waals surface area contributed by atoms with Crippen LogP contribution in [0.2, 0.25) is 10.0 Å². The van der Waals surface area contributed by atoms with Crippen molar-refractivity contribution in [3.05, 3.63) is 33.8 Å². The monoisotopic (exact) mass is 557 g/mol. The van der Waals surface area contributed by atoms with Crippen molar-refractivity contribution in [2.45, 2.75) is 13.0 Å². The maximum Gasteiger partial charge on any atom is 0.241 e. The van der Waals surface area contributed by atoms with Gasteiger partial charge in [-0.2, -0.15) is 0 Å². The predicted octanol–water partition coefficient (Wildman–Crippen LogP) is 2.46. The van der Waals surface area contributed by atoms with Gasteiger partial charge in [-0.3, -0.25) is 9.69 Å². The molecule has 2 rings (SSSR count). The van der Waals surface area contributed by atoms with Crippen LogP contribution in [0.1, 0.15) is 12.0 Å². The van der Waals surface area contributed by atoms with E-state index in [4.69, 9.17) is 27.9 Å². The number of hydrogen-bond donors (Lipinski definition) is 2. The van der Waals surface area contributed by atoms with E-state index >= 15 is 0 Å². The molecule has 1 aromatic carbocycles. The first-order valence-corrected chi connectivity index (χ1v) is 10.2. The largest absolute Gasteiger partial charge is 0.379 e. The fourth-order valence-corrected chi connectivity index (χ4v) is 3.11. The zero-order valence-electron chi connectivity index (χ0n) is 16.9. The summed E-state index contributed by atoms with van der Waals surface area (Å²) in [7, 11) is 3.45. The van der Waals surface area contributed by atoms with Gasteiger partial charge in [0.15, 0.2) is 5.96 Å². The second-order valence-electron chi connectivity index (χ2n) is 6.78. The van der Waals surface area contributed by atoms with Crippen LogP contribution in [-0.2, 0) is 16.1 Å². The van der Waals surface area contributed by atoms with E-state index in [1.54, 1.807) is 31.1 Å². The molecule has 2 N–H and O–H groups in total. The number of ether oxygens (including phenoxy) is 1. The number of carbonyl (C=O) groups is 1. The Hall–Kier alpha value is -0.810. The highest BCUT2D eigenvalue weighted by atomic mass is 127.